The normalized spacial score (nSPS) is 9.64. The van der Waals surface area contributed by atoms with Gasteiger partial charge in [0, 0.05) is 15.6 Å². The molecule has 0 fully saturated rings. The van der Waals surface area contributed by atoms with Crippen molar-refractivity contribution in [3.05, 3.63) is 33.4 Å². The van der Waals surface area contributed by atoms with E-state index < -0.39 is 0 Å². The zero-order valence-corrected chi connectivity index (χ0v) is 8.46. The van der Waals surface area contributed by atoms with Crippen LogP contribution < -0.4 is 0 Å². The molecule has 0 radical (unpaired) electrons. The summed E-state index contributed by atoms with van der Waals surface area (Å²) in [6, 6.07) is 7.65. The molecule has 0 N–H and O–H groups in total. The van der Waals surface area contributed by atoms with Gasteiger partial charge in [0.2, 0.25) is 0 Å². The summed E-state index contributed by atoms with van der Waals surface area (Å²) in [6.45, 7) is 1.88. The average molecular weight is 260 g/mol. The molecule has 1 aromatic rings. The van der Waals surface area contributed by atoms with Crippen LogP contribution in [0.4, 0.5) is 0 Å². The molecular weight excluding hydrogens is 251 g/mol. The predicted octanol–water partition coefficient (Wildman–Crippen LogP) is 2.88. The van der Waals surface area contributed by atoms with Gasteiger partial charge in [-0.3, -0.25) is 4.79 Å². The van der Waals surface area contributed by atoms with Crippen molar-refractivity contribution in [1.82, 2.24) is 0 Å². The number of ketones is 1. The van der Waals surface area contributed by atoms with Gasteiger partial charge in [0.05, 0.1) is 0 Å². The van der Waals surface area contributed by atoms with E-state index in [2.05, 4.69) is 22.6 Å². The molecule has 1 aromatic carbocycles. The molecule has 0 aromatic heterocycles. The second kappa shape index (κ2) is 3.85. The van der Waals surface area contributed by atoms with E-state index in [0.717, 1.165) is 9.13 Å². The van der Waals surface area contributed by atoms with Gasteiger partial charge in [0.1, 0.15) is 0 Å². The third-order valence-corrected chi connectivity index (χ3v) is 2.44. The lowest BCUT2D eigenvalue weighted by Crippen LogP contribution is -1.98. The van der Waals surface area contributed by atoms with Gasteiger partial charge in [0.15, 0.2) is 5.78 Å². The molecule has 0 aliphatic carbocycles. The molecule has 0 aliphatic heterocycles. The zero-order valence-electron chi connectivity index (χ0n) is 6.30. The van der Waals surface area contributed by atoms with Crippen LogP contribution in [0.1, 0.15) is 23.7 Å². The fourth-order valence-electron chi connectivity index (χ4n) is 0.878. The number of Topliss-reactive ketones (excluding diaryl/α,β-unsaturated/α-hetero) is 1. The SMILES string of the molecule is CCC(=O)c1ccccc1I. The second-order valence-corrected chi connectivity index (χ2v) is 3.42. The quantitative estimate of drug-likeness (QED) is 0.590. The number of carbonyl (C=O) groups excluding carboxylic acids is 1. The number of benzene rings is 1. The lowest BCUT2D eigenvalue weighted by atomic mass is 10.1. The maximum Gasteiger partial charge on any atom is 0.163 e. The largest absolute Gasteiger partial charge is 0.294 e. The molecule has 1 nitrogen and oxygen atoms in total. The van der Waals surface area contributed by atoms with Crippen LogP contribution in [-0.4, -0.2) is 5.78 Å². The lowest BCUT2D eigenvalue weighted by molar-refractivity contribution is 0.0987. The Kier molecular flexibility index (Phi) is 3.05. The van der Waals surface area contributed by atoms with Gasteiger partial charge in [-0.1, -0.05) is 25.1 Å². The summed E-state index contributed by atoms with van der Waals surface area (Å²) >= 11 is 2.18. The smallest absolute Gasteiger partial charge is 0.163 e. The summed E-state index contributed by atoms with van der Waals surface area (Å²) in [4.78, 5) is 11.2. The summed E-state index contributed by atoms with van der Waals surface area (Å²) in [5.74, 6) is 0.218. The maximum absolute atomic E-state index is 11.2. The molecule has 2 heteroatoms. The van der Waals surface area contributed by atoms with Crippen LogP contribution in [0.3, 0.4) is 0 Å². The minimum atomic E-state index is 0.218. The molecule has 0 bridgehead atoms. The molecule has 0 unspecified atom stereocenters. The van der Waals surface area contributed by atoms with E-state index >= 15 is 0 Å². The van der Waals surface area contributed by atoms with E-state index in [1.165, 1.54) is 0 Å². The van der Waals surface area contributed by atoms with E-state index in [1.807, 2.05) is 31.2 Å². The van der Waals surface area contributed by atoms with Crippen molar-refractivity contribution >= 4 is 28.4 Å². The highest BCUT2D eigenvalue weighted by Gasteiger charge is 2.04. The fourth-order valence-corrected chi connectivity index (χ4v) is 1.57. The van der Waals surface area contributed by atoms with Crippen molar-refractivity contribution in [2.75, 3.05) is 0 Å². The van der Waals surface area contributed by atoms with E-state index in [-0.39, 0.29) is 5.78 Å². The molecule has 0 aliphatic rings. The van der Waals surface area contributed by atoms with Crippen LogP contribution in [-0.2, 0) is 0 Å². The van der Waals surface area contributed by atoms with Gasteiger partial charge in [-0.25, -0.2) is 0 Å². The Labute approximate surface area is 79.9 Å². The topological polar surface area (TPSA) is 17.1 Å². The highest BCUT2D eigenvalue weighted by atomic mass is 127. The first-order chi connectivity index (χ1) is 5.25. The van der Waals surface area contributed by atoms with Crippen molar-refractivity contribution in [3.63, 3.8) is 0 Å². The first-order valence-corrected chi connectivity index (χ1v) is 4.61. The molecule has 11 heavy (non-hydrogen) atoms. The van der Waals surface area contributed by atoms with Crippen LogP contribution >= 0.6 is 22.6 Å². The van der Waals surface area contributed by atoms with Crippen molar-refractivity contribution in [1.29, 1.82) is 0 Å². The van der Waals surface area contributed by atoms with Crippen molar-refractivity contribution in [2.24, 2.45) is 0 Å². The number of carbonyl (C=O) groups is 1. The molecule has 0 saturated heterocycles. The third kappa shape index (κ3) is 2.02. The number of hydrogen-bond acceptors (Lipinski definition) is 1. The lowest BCUT2D eigenvalue weighted by Gasteiger charge is -1.98. The summed E-state index contributed by atoms with van der Waals surface area (Å²) in [5, 5.41) is 0. The van der Waals surface area contributed by atoms with Crippen LogP contribution in [0.15, 0.2) is 24.3 Å². The first kappa shape index (κ1) is 8.71. The Balaban J connectivity index is 3.03. The van der Waals surface area contributed by atoms with Crippen LogP contribution in [0.2, 0.25) is 0 Å². The fraction of sp³-hybridized carbons (Fsp3) is 0.222. The molecular formula is C9H9IO. The van der Waals surface area contributed by atoms with Crippen LogP contribution in [0.25, 0.3) is 0 Å². The highest BCUT2D eigenvalue weighted by Crippen LogP contribution is 2.12. The Morgan fingerprint density at radius 1 is 1.45 bits per heavy atom. The number of rotatable bonds is 2. The Morgan fingerprint density at radius 3 is 2.64 bits per heavy atom. The van der Waals surface area contributed by atoms with E-state index in [9.17, 15) is 4.79 Å². The Bertz CT molecular complexity index is 268. The summed E-state index contributed by atoms with van der Waals surface area (Å²) in [5.41, 5.74) is 0.843. The molecule has 0 saturated carbocycles. The molecule has 0 spiro atoms. The summed E-state index contributed by atoms with van der Waals surface area (Å²) in [6.07, 6.45) is 0.583. The minimum Gasteiger partial charge on any atom is -0.294 e. The maximum atomic E-state index is 11.2. The van der Waals surface area contributed by atoms with E-state index in [4.69, 9.17) is 0 Å². The van der Waals surface area contributed by atoms with Gasteiger partial charge in [-0.2, -0.15) is 0 Å². The van der Waals surface area contributed by atoms with Gasteiger partial charge in [0.25, 0.3) is 0 Å². The summed E-state index contributed by atoms with van der Waals surface area (Å²) < 4.78 is 1.04. The average Bonchev–Trinajstić information content (AvgIpc) is 2.04. The highest BCUT2D eigenvalue weighted by molar-refractivity contribution is 14.1. The van der Waals surface area contributed by atoms with Crippen molar-refractivity contribution in [2.45, 2.75) is 13.3 Å². The Morgan fingerprint density at radius 2 is 2.09 bits per heavy atom. The van der Waals surface area contributed by atoms with E-state index in [1.54, 1.807) is 0 Å². The molecule has 1 rings (SSSR count). The molecule has 0 amide bonds. The van der Waals surface area contributed by atoms with Crippen LogP contribution in [0.5, 0.6) is 0 Å². The molecule has 58 valence electrons. The van der Waals surface area contributed by atoms with E-state index in [0.29, 0.717) is 6.42 Å². The van der Waals surface area contributed by atoms with Crippen molar-refractivity contribution < 1.29 is 4.79 Å². The second-order valence-electron chi connectivity index (χ2n) is 2.26. The monoisotopic (exact) mass is 260 g/mol. The number of halogens is 1. The van der Waals surface area contributed by atoms with Crippen LogP contribution in [0, 0.1) is 3.57 Å². The third-order valence-electron chi connectivity index (χ3n) is 1.50. The van der Waals surface area contributed by atoms with Gasteiger partial charge in [-0.15, -0.1) is 0 Å². The predicted molar refractivity (Wildman–Crippen MR) is 53.8 cm³/mol. The zero-order chi connectivity index (χ0) is 8.27. The first-order valence-electron chi connectivity index (χ1n) is 3.53. The molecule has 0 heterocycles. The van der Waals surface area contributed by atoms with Gasteiger partial charge in [-0.05, 0) is 28.7 Å². The Hall–Kier alpha value is -0.380. The van der Waals surface area contributed by atoms with Gasteiger partial charge >= 0.3 is 0 Å². The number of hydrogen-bond donors (Lipinski definition) is 0. The van der Waals surface area contributed by atoms with Crippen molar-refractivity contribution in [3.8, 4) is 0 Å². The van der Waals surface area contributed by atoms with Gasteiger partial charge < -0.3 is 0 Å². The minimum absolute atomic E-state index is 0.218. The standard InChI is InChI=1S/C9H9IO/c1-2-9(11)7-5-3-4-6-8(7)10/h3-6H,2H2,1H3. The molecule has 0 atom stereocenters. The summed E-state index contributed by atoms with van der Waals surface area (Å²) in [7, 11) is 0.